The molecule has 2 amide bonds. The van der Waals surface area contributed by atoms with Crippen LogP contribution in [0.4, 0.5) is 5.69 Å². The minimum Gasteiger partial charge on any atom is -0.490 e. The van der Waals surface area contributed by atoms with E-state index in [9.17, 15) is 19.7 Å². The molecule has 3 aromatic carbocycles. The first-order valence-electron chi connectivity index (χ1n) is 13.8. The number of nitrogens with zero attached hydrogens (tertiary/aromatic N) is 2. The third kappa shape index (κ3) is 8.36. The number of hydrogen-bond acceptors (Lipinski definition) is 6. The molecule has 9 nitrogen and oxygen atoms in total. The van der Waals surface area contributed by atoms with E-state index in [1.54, 1.807) is 18.2 Å². The van der Waals surface area contributed by atoms with Crippen molar-refractivity contribution in [3.05, 3.63) is 98.0 Å². The van der Waals surface area contributed by atoms with Gasteiger partial charge in [-0.25, -0.2) is 0 Å². The van der Waals surface area contributed by atoms with Crippen LogP contribution in [-0.2, 0) is 22.6 Å². The van der Waals surface area contributed by atoms with E-state index in [-0.39, 0.29) is 42.1 Å². The molecule has 3 aromatic rings. The van der Waals surface area contributed by atoms with E-state index in [1.807, 2.05) is 30.3 Å². The molecule has 0 aliphatic heterocycles. The van der Waals surface area contributed by atoms with Gasteiger partial charge in [0, 0.05) is 41.2 Å². The summed E-state index contributed by atoms with van der Waals surface area (Å²) in [6, 6.07) is 17.7. The zero-order chi connectivity index (χ0) is 30.1. The van der Waals surface area contributed by atoms with Crippen molar-refractivity contribution in [2.45, 2.75) is 57.2 Å². The van der Waals surface area contributed by atoms with Gasteiger partial charge in [0.05, 0.1) is 12.0 Å². The van der Waals surface area contributed by atoms with E-state index in [2.05, 4.69) is 5.32 Å². The minimum absolute atomic E-state index is 0.00330. The molecule has 1 saturated carbocycles. The summed E-state index contributed by atoms with van der Waals surface area (Å²) in [6.45, 7) is -0.383. The molecule has 0 spiro atoms. The van der Waals surface area contributed by atoms with Crippen molar-refractivity contribution in [1.29, 1.82) is 0 Å². The molecule has 0 heterocycles. The number of benzene rings is 3. The third-order valence-electron chi connectivity index (χ3n) is 7.29. The van der Waals surface area contributed by atoms with Crippen LogP contribution >= 0.6 is 23.2 Å². The lowest BCUT2D eigenvalue weighted by atomic mass is 9.94. The second-order valence-electron chi connectivity index (χ2n) is 10.2. The molecule has 1 N–H and O–H groups in total. The predicted molar refractivity (Wildman–Crippen MR) is 161 cm³/mol. The number of halogens is 2. The molecule has 1 atom stereocenters. The number of carbonyl (C=O) groups excluding carboxylic acids is 2. The van der Waals surface area contributed by atoms with E-state index in [4.69, 9.17) is 32.7 Å². The lowest BCUT2D eigenvalue weighted by molar-refractivity contribution is -0.385. The van der Waals surface area contributed by atoms with Crippen molar-refractivity contribution in [2.75, 3.05) is 13.7 Å². The van der Waals surface area contributed by atoms with Crippen LogP contribution in [0, 0.1) is 10.1 Å². The quantitative estimate of drug-likeness (QED) is 0.187. The molecule has 11 heteroatoms. The fourth-order valence-corrected chi connectivity index (χ4v) is 5.53. The van der Waals surface area contributed by atoms with Gasteiger partial charge < -0.3 is 19.7 Å². The highest BCUT2D eigenvalue weighted by Gasteiger charge is 2.32. The fraction of sp³-hybridized carbons (Fsp3) is 0.355. The average molecular weight is 615 g/mol. The van der Waals surface area contributed by atoms with Gasteiger partial charge in [-0.05, 0) is 42.2 Å². The largest absolute Gasteiger partial charge is 0.490 e. The molecule has 0 bridgehead atoms. The van der Waals surface area contributed by atoms with Crippen LogP contribution in [0.15, 0.2) is 66.7 Å². The van der Waals surface area contributed by atoms with Crippen molar-refractivity contribution in [3.8, 4) is 11.5 Å². The summed E-state index contributed by atoms with van der Waals surface area (Å²) in [4.78, 5) is 39.9. The van der Waals surface area contributed by atoms with E-state index in [0.717, 1.165) is 37.7 Å². The highest BCUT2D eigenvalue weighted by Crippen LogP contribution is 2.31. The monoisotopic (exact) mass is 613 g/mol. The third-order valence-corrected chi connectivity index (χ3v) is 7.88. The van der Waals surface area contributed by atoms with Crippen molar-refractivity contribution < 1.29 is 24.0 Å². The minimum atomic E-state index is -0.858. The topological polar surface area (TPSA) is 111 Å². The van der Waals surface area contributed by atoms with Crippen LogP contribution in [0.25, 0.3) is 0 Å². The number of nitrogens with one attached hydrogen (secondary N) is 1. The summed E-state index contributed by atoms with van der Waals surface area (Å²) >= 11 is 12.6. The maximum atomic E-state index is 13.9. The number of carbonyl (C=O) groups is 2. The van der Waals surface area contributed by atoms with Crippen molar-refractivity contribution in [1.82, 2.24) is 10.2 Å². The zero-order valence-corrected chi connectivity index (χ0v) is 24.8. The Bertz CT molecular complexity index is 1400. The van der Waals surface area contributed by atoms with Crippen molar-refractivity contribution in [2.24, 2.45) is 0 Å². The van der Waals surface area contributed by atoms with Crippen molar-refractivity contribution >= 4 is 40.7 Å². The van der Waals surface area contributed by atoms with Crippen LogP contribution in [0.1, 0.15) is 43.2 Å². The Labute approximate surface area is 254 Å². The lowest BCUT2D eigenvalue weighted by Gasteiger charge is -2.33. The molecule has 4 rings (SSSR count). The van der Waals surface area contributed by atoms with Crippen molar-refractivity contribution in [3.63, 3.8) is 0 Å². The number of rotatable bonds is 12. The Morgan fingerprint density at radius 3 is 2.45 bits per heavy atom. The first kappa shape index (κ1) is 31.1. The Balaban J connectivity index is 1.64. The van der Waals surface area contributed by atoms with Gasteiger partial charge in [-0.2, -0.15) is 0 Å². The van der Waals surface area contributed by atoms with Crippen LogP contribution in [-0.4, -0.2) is 47.4 Å². The molecule has 1 aliphatic carbocycles. The normalized spacial score (nSPS) is 14.1. The second-order valence-corrected chi connectivity index (χ2v) is 11.0. The standard InChI is InChI=1S/C31H33Cl2N3O6/c1-41-29-18-25(14-15-27(29)36(39)40)42-20-30(37)35(19-22-12-13-23(32)17-26(22)33)28(16-21-8-4-2-5-9-21)31(38)34-24-10-6-3-7-11-24/h2,4-5,8-9,12-15,17-18,24,28H,3,6-7,10-11,16,19-20H2,1H3,(H,34,38)/t28-/m0/s1. The van der Waals surface area contributed by atoms with Gasteiger partial charge in [0.2, 0.25) is 11.7 Å². The van der Waals surface area contributed by atoms with Crippen LogP contribution in [0.2, 0.25) is 10.0 Å². The fourth-order valence-electron chi connectivity index (χ4n) is 5.06. The number of hydrogen-bond donors (Lipinski definition) is 1. The van der Waals surface area contributed by atoms with Gasteiger partial charge in [-0.1, -0.05) is 78.9 Å². The number of ether oxygens (including phenoxy) is 2. The van der Waals surface area contributed by atoms with Gasteiger partial charge >= 0.3 is 5.69 Å². The van der Waals surface area contributed by atoms with Crippen LogP contribution in [0.3, 0.4) is 0 Å². The Morgan fingerprint density at radius 1 is 1.05 bits per heavy atom. The maximum absolute atomic E-state index is 13.9. The zero-order valence-electron chi connectivity index (χ0n) is 23.3. The molecule has 0 radical (unpaired) electrons. The van der Waals surface area contributed by atoms with E-state index < -0.39 is 23.5 Å². The van der Waals surface area contributed by atoms with E-state index in [0.29, 0.717) is 15.6 Å². The Hall–Kier alpha value is -3.82. The van der Waals surface area contributed by atoms with Crippen LogP contribution < -0.4 is 14.8 Å². The molecule has 0 aromatic heterocycles. The SMILES string of the molecule is COc1cc(OCC(=O)N(Cc2ccc(Cl)cc2Cl)[C@@H](Cc2ccccc2)C(=O)NC2CCCCC2)ccc1[N+](=O)[O-]. The molecule has 1 aliphatic rings. The number of methoxy groups -OCH3 is 1. The highest BCUT2D eigenvalue weighted by atomic mass is 35.5. The summed E-state index contributed by atoms with van der Waals surface area (Å²) in [5.74, 6) is -0.496. The number of nitro benzene ring substituents is 1. The summed E-state index contributed by atoms with van der Waals surface area (Å²) in [7, 11) is 1.31. The maximum Gasteiger partial charge on any atom is 0.311 e. The molecule has 42 heavy (non-hydrogen) atoms. The van der Waals surface area contributed by atoms with Crippen LogP contribution in [0.5, 0.6) is 11.5 Å². The average Bonchev–Trinajstić information content (AvgIpc) is 2.99. The highest BCUT2D eigenvalue weighted by molar-refractivity contribution is 6.35. The number of nitro groups is 1. The molecule has 0 unspecified atom stereocenters. The summed E-state index contributed by atoms with van der Waals surface area (Å²) < 4.78 is 10.9. The first-order chi connectivity index (χ1) is 20.2. The lowest BCUT2D eigenvalue weighted by Crippen LogP contribution is -2.53. The first-order valence-corrected chi connectivity index (χ1v) is 14.5. The van der Waals surface area contributed by atoms with Gasteiger partial charge in [-0.3, -0.25) is 19.7 Å². The van der Waals surface area contributed by atoms with Gasteiger partial charge in [0.1, 0.15) is 11.8 Å². The number of amides is 2. The molecule has 0 saturated heterocycles. The summed E-state index contributed by atoms with van der Waals surface area (Å²) in [5.41, 5.74) is 1.29. The van der Waals surface area contributed by atoms with Gasteiger partial charge in [0.15, 0.2) is 6.61 Å². The summed E-state index contributed by atoms with van der Waals surface area (Å²) in [5, 5.41) is 15.3. The van der Waals surface area contributed by atoms with Gasteiger partial charge in [0.25, 0.3) is 5.91 Å². The molecular formula is C31H33Cl2N3O6. The molecule has 222 valence electrons. The molecule has 1 fully saturated rings. The second kappa shape index (κ2) is 14.9. The molecular weight excluding hydrogens is 581 g/mol. The predicted octanol–water partition coefficient (Wildman–Crippen LogP) is 6.38. The Morgan fingerprint density at radius 2 is 1.79 bits per heavy atom. The Kier molecular flexibility index (Phi) is 11.0. The summed E-state index contributed by atoms with van der Waals surface area (Å²) in [6.07, 6.45) is 5.30. The van der Waals surface area contributed by atoms with E-state index >= 15 is 0 Å². The van der Waals surface area contributed by atoms with Gasteiger partial charge in [-0.15, -0.1) is 0 Å². The smallest absolute Gasteiger partial charge is 0.311 e. The van der Waals surface area contributed by atoms with E-state index in [1.165, 1.54) is 30.2 Å².